The summed E-state index contributed by atoms with van der Waals surface area (Å²) in [6, 6.07) is 12.2. The molecule has 1 N–H and O–H groups in total. The molecule has 0 heterocycles. The molecule has 6 rings (SSSR count). The van der Waals surface area contributed by atoms with Gasteiger partial charge in [0.2, 0.25) is 0 Å². The van der Waals surface area contributed by atoms with Gasteiger partial charge in [0.15, 0.2) is 5.78 Å². The summed E-state index contributed by atoms with van der Waals surface area (Å²) in [5.74, 6) is 1.93. The van der Waals surface area contributed by atoms with E-state index in [1.165, 1.54) is 31.4 Å². The van der Waals surface area contributed by atoms with Crippen LogP contribution in [0.3, 0.4) is 0 Å². The van der Waals surface area contributed by atoms with Crippen molar-refractivity contribution in [1.29, 1.82) is 0 Å². The highest BCUT2D eigenvalue weighted by atomic mass is 16.8. The maximum Gasteiger partial charge on any atom is 0.335 e. The van der Waals surface area contributed by atoms with Crippen LogP contribution in [0.2, 0.25) is 0 Å². The summed E-state index contributed by atoms with van der Waals surface area (Å²) in [6.07, 6.45) is 10.7. The highest BCUT2D eigenvalue weighted by molar-refractivity contribution is 6.07. The normalized spacial score (nSPS) is 27.3. The van der Waals surface area contributed by atoms with Crippen molar-refractivity contribution >= 4 is 17.8 Å². The zero-order chi connectivity index (χ0) is 25.3. The quantitative estimate of drug-likeness (QED) is 0.246. The molecule has 4 bridgehead atoms. The first-order valence-electron chi connectivity index (χ1n) is 12.9. The number of methoxy groups -OCH3 is 1. The summed E-state index contributed by atoms with van der Waals surface area (Å²) in [4.78, 5) is 24.3. The van der Waals surface area contributed by atoms with Crippen LogP contribution < -0.4 is 4.74 Å². The van der Waals surface area contributed by atoms with Gasteiger partial charge in [0.25, 0.3) is 0 Å². The van der Waals surface area contributed by atoms with E-state index in [-0.39, 0.29) is 16.8 Å². The van der Waals surface area contributed by atoms with Crippen LogP contribution in [0.15, 0.2) is 48.5 Å². The first-order chi connectivity index (χ1) is 17.4. The molecule has 1 unspecified atom stereocenters. The molecule has 0 aliphatic heterocycles. The monoisotopic (exact) mass is 490 g/mol. The number of carbonyl (C=O) groups excluding carboxylic acids is 1. The number of ether oxygens (including phenoxy) is 3. The van der Waals surface area contributed by atoms with Crippen LogP contribution in [0, 0.1) is 17.8 Å². The number of benzene rings is 2. The predicted molar refractivity (Wildman–Crippen MR) is 136 cm³/mol. The fraction of sp³-hybridized carbons (Fsp3) is 0.467. The molecule has 0 radical (unpaired) electrons. The Labute approximate surface area is 212 Å². The molecule has 4 aliphatic rings. The van der Waals surface area contributed by atoms with Gasteiger partial charge in [-0.2, -0.15) is 0 Å². The van der Waals surface area contributed by atoms with Crippen molar-refractivity contribution in [3.8, 4) is 5.75 Å². The number of allylic oxidation sites excluding steroid dienone is 1. The minimum absolute atomic E-state index is 0.0290. The van der Waals surface area contributed by atoms with Crippen LogP contribution >= 0.6 is 0 Å². The third-order valence-corrected chi connectivity index (χ3v) is 8.18. The van der Waals surface area contributed by atoms with E-state index < -0.39 is 12.4 Å². The second kappa shape index (κ2) is 10.2. The van der Waals surface area contributed by atoms with Gasteiger partial charge in [-0.25, -0.2) is 4.79 Å². The Morgan fingerprint density at radius 1 is 1.00 bits per heavy atom. The van der Waals surface area contributed by atoms with Crippen molar-refractivity contribution < 1.29 is 28.9 Å². The molecule has 0 amide bonds. The van der Waals surface area contributed by atoms with Gasteiger partial charge in [-0.15, -0.1) is 0 Å². The molecule has 0 aromatic heterocycles. The molecule has 36 heavy (non-hydrogen) atoms. The first kappa shape index (κ1) is 24.7. The van der Waals surface area contributed by atoms with Gasteiger partial charge in [-0.3, -0.25) is 4.79 Å². The fourth-order valence-corrected chi connectivity index (χ4v) is 7.04. The van der Waals surface area contributed by atoms with Gasteiger partial charge >= 0.3 is 12.4 Å². The van der Waals surface area contributed by atoms with Crippen molar-refractivity contribution in [1.82, 2.24) is 0 Å². The molecule has 6 nitrogen and oxygen atoms in total. The Morgan fingerprint density at radius 3 is 2.17 bits per heavy atom. The molecule has 1 atom stereocenters. The van der Waals surface area contributed by atoms with E-state index in [4.69, 9.17) is 19.3 Å². The third kappa shape index (κ3) is 4.97. The van der Waals surface area contributed by atoms with Gasteiger partial charge in [0, 0.05) is 18.2 Å². The van der Waals surface area contributed by atoms with Gasteiger partial charge in [-0.05, 0) is 111 Å². The minimum Gasteiger partial charge on any atom is -0.478 e. The number of aromatic carboxylic acids is 1. The van der Waals surface area contributed by atoms with Crippen LogP contribution in [-0.2, 0) is 14.9 Å². The molecule has 4 fully saturated rings. The lowest BCUT2D eigenvalue weighted by Crippen LogP contribution is -2.48. The molecule has 2 aromatic rings. The average molecular weight is 491 g/mol. The molecule has 0 spiro atoms. The number of carboxylic acids is 1. The molecule has 6 heteroatoms. The van der Waals surface area contributed by atoms with Crippen molar-refractivity contribution in [3.05, 3.63) is 70.8 Å². The Morgan fingerprint density at radius 2 is 1.61 bits per heavy atom. The van der Waals surface area contributed by atoms with E-state index >= 15 is 0 Å². The Kier molecular flexibility index (Phi) is 7.00. The summed E-state index contributed by atoms with van der Waals surface area (Å²) < 4.78 is 17.2. The van der Waals surface area contributed by atoms with Crippen molar-refractivity contribution in [2.45, 2.75) is 57.3 Å². The van der Waals surface area contributed by atoms with E-state index in [9.17, 15) is 9.59 Å². The van der Waals surface area contributed by atoms with E-state index in [1.54, 1.807) is 37.5 Å². The lowest BCUT2D eigenvalue weighted by Gasteiger charge is -2.57. The largest absolute Gasteiger partial charge is 0.478 e. The van der Waals surface area contributed by atoms with Crippen LogP contribution in [0.25, 0.3) is 6.08 Å². The van der Waals surface area contributed by atoms with Gasteiger partial charge in [-0.1, -0.05) is 18.2 Å². The van der Waals surface area contributed by atoms with Gasteiger partial charge < -0.3 is 19.3 Å². The van der Waals surface area contributed by atoms with Crippen molar-refractivity contribution in [2.24, 2.45) is 17.8 Å². The summed E-state index contributed by atoms with van der Waals surface area (Å²) in [6.45, 7) is 1.58. The summed E-state index contributed by atoms with van der Waals surface area (Å²) in [7, 11) is 1.57. The lowest BCUT2D eigenvalue weighted by molar-refractivity contribution is -0.231. The summed E-state index contributed by atoms with van der Waals surface area (Å²) in [5, 5.41) is 9.08. The van der Waals surface area contributed by atoms with Gasteiger partial charge in [0.1, 0.15) is 5.75 Å². The first-order valence-corrected chi connectivity index (χ1v) is 12.9. The molecular weight excluding hydrogens is 456 g/mol. The summed E-state index contributed by atoms with van der Waals surface area (Å²) >= 11 is 0. The van der Waals surface area contributed by atoms with Crippen LogP contribution in [0.1, 0.15) is 77.3 Å². The van der Waals surface area contributed by atoms with Crippen LogP contribution in [0.5, 0.6) is 5.75 Å². The number of ketones is 1. The zero-order valence-electron chi connectivity index (χ0n) is 20.9. The molecular formula is C30H34O6. The van der Waals surface area contributed by atoms with E-state index in [0.29, 0.717) is 12.2 Å². The molecule has 190 valence electrons. The number of carboxylic acid groups (broad SMARTS) is 1. The Bertz CT molecular complexity index is 1110. The SMILES string of the molecule is CCOC(OC)Oc1ccc(C(=O)/C=C/c2ccc(C(=O)O)cc2)cc1C12CC3CC(CC(C3)C1)C2. The maximum absolute atomic E-state index is 13.2. The Balaban J connectivity index is 1.45. The molecule has 2 aromatic carbocycles. The minimum atomic E-state index is -0.971. The third-order valence-electron chi connectivity index (χ3n) is 8.18. The summed E-state index contributed by atoms with van der Waals surface area (Å²) in [5.41, 5.74) is 2.75. The van der Waals surface area contributed by atoms with Crippen molar-refractivity contribution in [2.75, 3.05) is 13.7 Å². The highest BCUT2D eigenvalue weighted by Gasteiger charge is 2.52. The smallest absolute Gasteiger partial charge is 0.335 e. The standard InChI is InChI=1S/C30H34O6/c1-3-35-29(34-2)36-27-11-9-24(26(31)10-6-19-4-7-23(8-5-19)28(32)33)15-25(27)30-16-20-12-21(17-30)14-22(13-20)18-30/h4-11,15,20-22,29H,3,12-14,16-18H2,1-2H3,(H,32,33)/b10-6+. The topological polar surface area (TPSA) is 82.1 Å². The second-order valence-corrected chi connectivity index (χ2v) is 10.6. The molecule has 4 aliphatic carbocycles. The number of rotatable bonds is 10. The average Bonchev–Trinajstić information content (AvgIpc) is 2.86. The predicted octanol–water partition coefficient (Wildman–Crippen LogP) is 6.09. The van der Waals surface area contributed by atoms with Crippen molar-refractivity contribution in [3.63, 3.8) is 0 Å². The fourth-order valence-electron chi connectivity index (χ4n) is 7.04. The van der Waals surface area contributed by atoms with E-state index in [0.717, 1.165) is 53.9 Å². The number of hydrogen-bond donors (Lipinski definition) is 1. The highest BCUT2D eigenvalue weighted by Crippen LogP contribution is 2.62. The number of carbonyl (C=O) groups is 2. The van der Waals surface area contributed by atoms with E-state index in [2.05, 4.69) is 0 Å². The maximum atomic E-state index is 13.2. The molecule has 4 saturated carbocycles. The van der Waals surface area contributed by atoms with Crippen LogP contribution in [0.4, 0.5) is 0 Å². The second-order valence-electron chi connectivity index (χ2n) is 10.6. The van der Waals surface area contributed by atoms with Crippen LogP contribution in [-0.4, -0.2) is 37.1 Å². The lowest BCUT2D eigenvalue weighted by atomic mass is 9.48. The Hall–Kier alpha value is -2.96. The molecule has 0 saturated heterocycles. The van der Waals surface area contributed by atoms with Gasteiger partial charge in [0.05, 0.1) is 12.2 Å². The van der Waals surface area contributed by atoms with E-state index in [1.807, 2.05) is 19.1 Å². The number of hydrogen-bond acceptors (Lipinski definition) is 5. The zero-order valence-corrected chi connectivity index (χ0v) is 20.9.